The summed E-state index contributed by atoms with van der Waals surface area (Å²) in [7, 11) is 0. The van der Waals surface area contributed by atoms with Crippen molar-refractivity contribution in [3.8, 4) is 0 Å². The van der Waals surface area contributed by atoms with Crippen molar-refractivity contribution in [1.82, 2.24) is 5.32 Å². The zero-order chi connectivity index (χ0) is 15.1. The summed E-state index contributed by atoms with van der Waals surface area (Å²) in [6, 6.07) is 7.44. The summed E-state index contributed by atoms with van der Waals surface area (Å²) >= 11 is 2.20. The summed E-state index contributed by atoms with van der Waals surface area (Å²) in [4.78, 5) is 22.7. The van der Waals surface area contributed by atoms with E-state index in [-0.39, 0.29) is 17.9 Å². The van der Waals surface area contributed by atoms with Crippen LogP contribution in [0.15, 0.2) is 24.3 Å². The van der Waals surface area contributed by atoms with Gasteiger partial charge in [0.05, 0.1) is 5.92 Å². The molecule has 4 nitrogen and oxygen atoms in total. The monoisotopic (exact) mass is 389 g/mol. The number of benzene rings is 1. The molecule has 0 aliphatic heterocycles. The molecule has 0 bridgehead atoms. The lowest BCUT2D eigenvalue weighted by Gasteiger charge is -2.14. The first-order chi connectivity index (χ1) is 9.40. The Morgan fingerprint density at radius 3 is 2.35 bits per heavy atom. The summed E-state index contributed by atoms with van der Waals surface area (Å²) in [5.74, 6) is -1.17. The zero-order valence-electron chi connectivity index (χ0n) is 11.7. The van der Waals surface area contributed by atoms with E-state index in [1.807, 2.05) is 19.1 Å². The number of hydrogen-bond acceptors (Lipinski definition) is 2. The second kappa shape index (κ2) is 8.24. The van der Waals surface area contributed by atoms with Crippen molar-refractivity contribution in [2.75, 3.05) is 0 Å². The van der Waals surface area contributed by atoms with Crippen LogP contribution in [0.25, 0.3) is 0 Å². The van der Waals surface area contributed by atoms with Crippen LogP contribution in [0.4, 0.5) is 0 Å². The van der Waals surface area contributed by atoms with Crippen LogP contribution in [0.2, 0.25) is 0 Å². The largest absolute Gasteiger partial charge is 0.481 e. The maximum atomic E-state index is 12.0. The highest BCUT2D eigenvalue weighted by molar-refractivity contribution is 14.1. The Hall–Kier alpha value is -1.11. The Morgan fingerprint density at radius 2 is 1.80 bits per heavy atom. The minimum absolute atomic E-state index is 0.0442. The molecule has 0 spiro atoms. The molecule has 1 rings (SSSR count). The predicted octanol–water partition coefficient (Wildman–Crippen LogP) is 3.30. The van der Waals surface area contributed by atoms with Gasteiger partial charge in [0.1, 0.15) is 0 Å². The number of aliphatic carboxylic acids is 1. The zero-order valence-corrected chi connectivity index (χ0v) is 13.9. The summed E-state index contributed by atoms with van der Waals surface area (Å²) in [6.45, 7) is 3.65. The van der Waals surface area contributed by atoms with Gasteiger partial charge in [-0.2, -0.15) is 0 Å². The van der Waals surface area contributed by atoms with Gasteiger partial charge in [-0.15, -0.1) is 0 Å². The van der Waals surface area contributed by atoms with Crippen molar-refractivity contribution >= 4 is 34.5 Å². The topological polar surface area (TPSA) is 66.4 Å². The molecule has 0 saturated heterocycles. The van der Waals surface area contributed by atoms with E-state index < -0.39 is 5.97 Å². The quantitative estimate of drug-likeness (QED) is 0.704. The van der Waals surface area contributed by atoms with E-state index in [9.17, 15) is 9.59 Å². The van der Waals surface area contributed by atoms with Gasteiger partial charge < -0.3 is 10.4 Å². The lowest BCUT2D eigenvalue weighted by atomic mass is 10.0. The number of carboxylic acid groups (broad SMARTS) is 1. The molecule has 2 atom stereocenters. The maximum absolute atomic E-state index is 12.0. The van der Waals surface area contributed by atoms with Gasteiger partial charge in [0.2, 0.25) is 0 Å². The first-order valence-corrected chi connectivity index (χ1v) is 7.77. The molecule has 0 aromatic heterocycles. The van der Waals surface area contributed by atoms with Crippen LogP contribution in [0, 0.1) is 9.49 Å². The second-order valence-electron chi connectivity index (χ2n) is 5.05. The number of carbonyl (C=O) groups excluding carboxylic acids is 1. The molecule has 0 fully saturated rings. The molecular formula is C15H20INO3. The molecule has 0 aliphatic rings. The average molecular weight is 389 g/mol. The Balaban J connectivity index is 2.35. The molecule has 110 valence electrons. The van der Waals surface area contributed by atoms with Crippen molar-refractivity contribution in [3.63, 3.8) is 0 Å². The molecule has 1 aromatic carbocycles. The first kappa shape index (κ1) is 16.9. The predicted molar refractivity (Wildman–Crippen MR) is 86.7 cm³/mol. The maximum Gasteiger partial charge on any atom is 0.306 e. The molecule has 20 heavy (non-hydrogen) atoms. The number of hydrogen-bond donors (Lipinski definition) is 2. The fraction of sp³-hybridized carbons (Fsp3) is 0.467. The Labute approximate surface area is 133 Å². The van der Waals surface area contributed by atoms with E-state index >= 15 is 0 Å². The molecule has 0 saturated carbocycles. The fourth-order valence-electron chi connectivity index (χ4n) is 1.83. The van der Waals surface area contributed by atoms with E-state index in [1.165, 1.54) is 0 Å². The van der Waals surface area contributed by atoms with E-state index in [1.54, 1.807) is 19.1 Å². The number of rotatable bonds is 7. The Kier molecular flexibility index (Phi) is 6.98. The Bertz CT molecular complexity index is 459. The van der Waals surface area contributed by atoms with E-state index in [2.05, 4.69) is 27.9 Å². The number of amides is 1. The lowest BCUT2D eigenvalue weighted by molar-refractivity contribution is -0.141. The smallest absolute Gasteiger partial charge is 0.306 e. The minimum Gasteiger partial charge on any atom is -0.481 e. The Morgan fingerprint density at radius 1 is 1.20 bits per heavy atom. The third-order valence-corrected chi connectivity index (χ3v) is 3.90. The van der Waals surface area contributed by atoms with Crippen molar-refractivity contribution in [3.05, 3.63) is 33.4 Å². The molecule has 0 radical (unpaired) electrons. The summed E-state index contributed by atoms with van der Waals surface area (Å²) < 4.78 is 1.09. The highest BCUT2D eigenvalue weighted by atomic mass is 127. The molecule has 1 amide bonds. The van der Waals surface area contributed by atoms with Crippen LogP contribution < -0.4 is 5.32 Å². The normalized spacial score (nSPS) is 13.6. The van der Waals surface area contributed by atoms with Gasteiger partial charge in [0.15, 0.2) is 0 Å². The van der Waals surface area contributed by atoms with Crippen LogP contribution in [-0.2, 0) is 4.79 Å². The van der Waals surface area contributed by atoms with Gasteiger partial charge in [-0.25, -0.2) is 0 Å². The van der Waals surface area contributed by atoms with Crippen LogP contribution in [0.5, 0.6) is 0 Å². The third kappa shape index (κ3) is 5.90. The highest BCUT2D eigenvalue weighted by Crippen LogP contribution is 2.11. The molecular weight excluding hydrogens is 369 g/mol. The van der Waals surface area contributed by atoms with E-state index in [0.29, 0.717) is 12.0 Å². The van der Waals surface area contributed by atoms with Crippen molar-refractivity contribution < 1.29 is 14.7 Å². The number of halogens is 1. The van der Waals surface area contributed by atoms with Gasteiger partial charge in [0.25, 0.3) is 5.91 Å². The van der Waals surface area contributed by atoms with Crippen molar-refractivity contribution in [2.24, 2.45) is 5.92 Å². The second-order valence-corrected chi connectivity index (χ2v) is 6.30. The highest BCUT2D eigenvalue weighted by Gasteiger charge is 2.13. The van der Waals surface area contributed by atoms with Crippen LogP contribution >= 0.6 is 22.6 Å². The van der Waals surface area contributed by atoms with Gasteiger partial charge in [-0.1, -0.05) is 13.3 Å². The molecule has 5 heteroatoms. The number of carbonyl (C=O) groups is 2. The summed E-state index contributed by atoms with van der Waals surface area (Å²) in [6.07, 6.45) is 2.22. The summed E-state index contributed by atoms with van der Waals surface area (Å²) in [5, 5.41) is 11.7. The van der Waals surface area contributed by atoms with Crippen molar-refractivity contribution in [1.29, 1.82) is 0 Å². The van der Waals surface area contributed by atoms with Crippen LogP contribution in [0.3, 0.4) is 0 Å². The van der Waals surface area contributed by atoms with Crippen LogP contribution in [0.1, 0.15) is 43.5 Å². The third-order valence-electron chi connectivity index (χ3n) is 3.18. The minimum atomic E-state index is -0.763. The fourth-order valence-corrected chi connectivity index (χ4v) is 2.19. The van der Waals surface area contributed by atoms with Gasteiger partial charge in [-0.3, -0.25) is 9.59 Å². The van der Waals surface area contributed by atoms with Gasteiger partial charge >= 0.3 is 5.97 Å². The van der Waals surface area contributed by atoms with Gasteiger partial charge in [0, 0.05) is 15.2 Å². The van der Waals surface area contributed by atoms with Crippen LogP contribution in [-0.4, -0.2) is 23.0 Å². The number of carboxylic acids is 1. The van der Waals surface area contributed by atoms with Gasteiger partial charge in [-0.05, 0) is 66.6 Å². The molecule has 0 heterocycles. The molecule has 1 aromatic rings. The van der Waals surface area contributed by atoms with E-state index in [0.717, 1.165) is 16.4 Å². The SMILES string of the molecule is CC(CCCC(C)C(=O)O)NC(=O)c1ccc(I)cc1. The summed E-state index contributed by atoms with van der Waals surface area (Å²) in [5.41, 5.74) is 0.649. The average Bonchev–Trinajstić information content (AvgIpc) is 2.39. The standard InChI is InChI=1S/C15H20INO3/c1-10(15(19)20)4-3-5-11(2)17-14(18)12-6-8-13(16)9-7-12/h6-11H,3-5H2,1-2H3,(H,17,18)(H,19,20). The first-order valence-electron chi connectivity index (χ1n) is 6.69. The molecule has 0 aliphatic carbocycles. The lowest BCUT2D eigenvalue weighted by Crippen LogP contribution is -2.32. The molecule has 2 N–H and O–H groups in total. The van der Waals surface area contributed by atoms with E-state index in [4.69, 9.17) is 5.11 Å². The number of nitrogens with one attached hydrogen (secondary N) is 1. The molecule has 2 unspecified atom stereocenters. The van der Waals surface area contributed by atoms with Crippen molar-refractivity contribution in [2.45, 2.75) is 39.2 Å².